The van der Waals surface area contributed by atoms with Gasteiger partial charge in [0, 0.05) is 6.54 Å². The molecule has 2 N–H and O–H groups in total. The largest absolute Gasteiger partial charge is 0.320 e. The van der Waals surface area contributed by atoms with Gasteiger partial charge < -0.3 is 5.32 Å². The van der Waals surface area contributed by atoms with Crippen LogP contribution >= 0.6 is 23.7 Å². The third kappa shape index (κ3) is 4.94. The molecule has 1 rings (SSSR count). The SMILES string of the molecule is CNCCCNS(=O)(=O)c1cccs1.Cl. The fraction of sp³-hybridized carbons (Fsp3) is 0.500. The van der Waals surface area contributed by atoms with Crippen molar-refractivity contribution in [2.45, 2.75) is 10.6 Å². The number of sulfonamides is 1. The lowest BCUT2D eigenvalue weighted by Gasteiger charge is -2.03. The number of thiophene rings is 1. The first-order valence-corrected chi connectivity index (χ1v) is 6.71. The molecule has 0 amide bonds. The highest BCUT2D eigenvalue weighted by Crippen LogP contribution is 2.14. The van der Waals surface area contributed by atoms with Gasteiger partial charge in [-0.1, -0.05) is 6.07 Å². The van der Waals surface area contributed by atoms with Gasteiger partial charge in [-0.3, -0.25) is 0 Å². The van der Waals surface area contributed by atoms with Gasteiger partial charge in [-0.05, 0) is 31.5 Å². The Labute approximate surface area is 101 Å². The van der Waals surface area contributed by atoms with Gasteiger partial charge in [0.25, 0.3) is 0 Å². The molecule has 0 saturated heterocycles. The second-order valence-corrected chi connectivity index (χ2v) is 5.73. The molecule has 0 spiro atoms. The average Bonchev–Trinajstić information content (AvgIpc) is 2.65. The third-order valence-corrected chi connectivity index (χ3v) is 4.51. The summed E-state index contributed by atoms with van der Waals surface area (Å²) in [4.78, 5) is 0. The van der Waals surface area contributed by atoms with E-state index < -0.39 is 10.0 Å². The van der Waals surface area contributed by atoms with Crippen LogP contribution in [-0.2, 0) is 10.0 Å². The fourth-order valence-corrected chi connectivity index (χ4v) is 3.07. The Balaban J connectivity index is 0.00000196. The molecule has 1 aromatic heterocycles. The van der Waals surface area contributed by atoms with Gasteiger partial charge in [-0.25, -0.2) is 13.1 Å². The molecule has 0 aliphatic carbocycles. The Morgan fingerprint density at radius 1 is 1.40 bits per heavy atom. The van der Waals surface area contributed by atoms with Crippen molar-refractivity contribution in [3.63, 3.8) is 0 Å². The topological polar surface area (TPSA) is 58.2 Å². The zero-order chi connectivity index (χ0) is 10.4. The molecule has 0 aliphatic rings. The molecule has 0 bridgehead atoms. The quantitative estimate of drug-likeness (QED) is 0.760. The van der Waals surface area contributed by atoms with E-state index in [2.05, 4.69) is 10.0 Å². The summed E-state index contributed by atoms with van der Waals surface area (Å²) < 4.78 is 26.0. The molecule has 1 heterocycles. The molecule has 0 unspecified atom stereocenters. The first kappa shape index (κ1) is 14.9. The normalized spacial score (nSPS) is 11.0. The standard InChI is InChI=1S/C8H14N2O2S2.ClH/c1-9-5-3-6-10-14(11,12)8-4-2-7-13-8;/h2,4,7,9-10H,3,5-6H2,1H3;1H. The van der Waals surface area contributed by atoms with Gasteiger partial charge in [0.2, 0.25) is 10.0 Å². The van der Waals surface area contributed by atoms with Crippen molar-refractivity contribution in [1.29, 1.82) is 0 Å². The molecular weight excluding hydrogens is 256 g/mol. The minimum absolute atomic E-state index is 0. The summed E-state index contributed by atoms with van der Waals surface area (Å²) in [6, 6.07) is 3.33. The van der Waals surface area contributed by atoms with E-state index in [9.17, 15) is 8.42 Å². The van der Waals surface area contributed by atoms with E-state index in [1.807, 2.05) is 7.05 Å². The number of hydrogen-bond acceptors (Lipinski definition) is 4. The average molecular weight is 271 g/mol. The Kier molecular flexibility index (Phi) is 7.12. The number of nitrogens with one attached hydrogen (secondary N) is 2. The van der Waals surface area contributed by atoms with Gasteiger partial charge in [-0.2, -0.15) is 0 Å². The van der Waals surface area contributed by atoms with Crippen LogP contribution in [0.1, 0.15) is 6.42 Å². The molecule has 15 heavy (non-hydrogen) atoms. The molecule has 0 atom stereocenters. The number of halogens is 1. The molecule has 7 heteroatoms. The molecule has 0 fully saturated rings. The molecule has 0 aromatic carbocycles. The lowest BCUT2D eigenvalue weighted by Crippen LogP contribution is -2.26. The summed E-state index contributed by atoms with van der Waals surface area (Å²) in [5.41, 5.74) is 0. The highest BCUT2D eigenvalue weighted by molar-refractivity contribution is 7.91. The van der Waals surface area contributed by atoms with E-state index in [-0.39, 0.29) is 12.4 Å². The summed E-state index contributed by atoms with van der Waals surface area (Å²) in [7, 11) is -1.42. The van der Waals surface area contributed by atoms with Gasteiger partial charge >= 0.3 is 0 Å². The summed E-state index contributed by atoms with van der Waals surface area (Å²) >= 11 is 1.23. The van der Waals surface area contributed by atoms with Crippen molar-refractivity contribution in [3.8, 4) is 0 Å². The van der Waals surface area contributed by atoms with Crippen LogP contribution < -0.4 is 10.0 Å². The van der Waals surface area contributed by atoms with Crippen LogP contribution in [0.25, 0.3) is 0 Å². The van der Waals surface area contributed by atoms with Crippen molar-refractivity contribution < 1.29 is 8.42 Å². The molecular formula is C8H15ClN2O2S2. The molecule has 88 valence electrons. The van der Waals surface area contributed by atoms with Gasteiger partial charge in [0.1, 0.15) is 4.21 Å². The number of hydrogen-bond donors (Lipinski definition) is 2. The zero-order valence-corrected chi connectivity index (χ0v) is 10.8. The Morgan fingerprint density at radius 2 is 2.13 bits per heavy atom. The first-order chi connectivity index (χ1) is 6.67. The van der Waals surface area contributed by atoms with Crippen LogP contribution in [0.15, 0.2) is 21.7 Å². The smallest absolute Gasteiger partial charge is 0.250 e. The Bertz CT molecular complexity index is 351. The Hall–Kier alpha value is -0.140. The van der Waals surface area contributed by atoms with Crippen molar-refractivity contribution in [2.75, 3.05) is 20.1 Å². The zero-order valence-electron chi connectivity index (χ0n) is 8.39. The second kappa shape index (κ2) is 7.19. The first-order valence-electron chi connectivity index (χ1n) is 4.34. The minimum Gasteiger partial charge on any atom is -0.320 e. The van der Waals surface area contributed by atoms with E-state index in [4.69, 9.17) is 0 Å². The van der Waals surface area contributed by atoms with Gasteiger partial charge in [0.15, 0.2) is 0 Å². The van der Waals surface area contributed by atoms with Crippen LogP contribution in [0.4, 0.5) is 0 Å². The van der Waals surface area contributed by atoms with Crippen molar-refractivity contribution in [3.05, 3.63) is 17.5 Å². The maximum Gasteiger partial charge on any atom is 0.250 e. The van der Waals surface area contributed by atoms with E-state index in [0.717, 1.165) is 13.0 Å². The molecule has 4 nitrogen and oxygen atoms in total. The third-order valence-electron chi connectivity index (χ3n) is 1.66. The van der Waals surface area contributed by atoms with Crippen molar-refractivity contribution >= 4 is 33.8 Å². The predicted octanol–water partition coefficient (Wildman–Crippen LogP) is 1.06. The fourth-order valence-electron chi connectivity index (χ4n) is 0.959. The maximum atomic E-state index is 11.5. The minimum atomic E-state index is -3.26. The summed E-state index contributed by atoms with van der Waals surface area (Å²) in [6.45, 7) is 1.29. The van der Waals surface area contributed by atoms with E-state index >= 15 is 0 Å². The van der Waals surface area contributed by atoms with Crippen LogP contribution in [0.2, 0.25) is 0 Å². The summed E-state index contributed by atoms with van der Waals surface area (Å²) in [5, 5.41) is 4.71. The predicted molar refractivity (Wildman–Crippen MR) is 65.3 cm³/mol. The molecule has 0 radical (unpaired) electrons. The summed E-state index contributed by atoms with van der Waals surface area (Å²) in [5.74, 6) is 0. The highest BCUT2D eigenvalue weighted by atomic mass is 35.5. The maximum absolute atomic E-state index is 11.5. The molecule has 1 aromatic rings. The van der Waals surface area contributed by atoms with Crippen LogP contribution in [-0.4, -0.2) is 28.6 Å². The summed E-state index contributed by atoms with van der Waals surface area (Å²) in [6.07, 6.45) is 0.793. The van der Waals surface area contributed by atoms with Crippen molar-refractivity contribution in [2.24, 2.45) is 0 Å². The monoisotopic (exact) mass is 270 g/mol. The van der Waals surface area contributed by atoms with E-state index in [1.54, 1.807) is 17.5 Å². The Morgan fingerprint density at radius 3 is 2.67 bits per heavy atom. The van der Waals surface area contributed by atoms with Crippen LogP contribution in [0.3, 0.4) is 0 Å². The lowest BCUT2D eigenvalue weighted by molar-refractivity contribution is 0.579. The van der Waals surface area contributed by atoms with E-state index in [1.165, 1.54) is 11.3 Å². The van der Waals surface area contributed by atoms with Crippen LogP contribution in [0.5, 0.6) is 0 Å². The highest BCUT2D eigenvalue weighted by Gasteiger charge is 2.13. The van der Waals surface area contributed by atoms with Gasteiger partial charge in [0.05, 0.1) is 0 Å². The molecule has 0 saturated carbocycles. The molecule has 0 aliphatic heterocycles. The van der Waals surface area contributed by atoms with Crippen LogP contribution in [0, 0.1) is 0 Å². The van der Waals surface area contributed by atoms with Gasteiger partial charge in [-0.15, -0.1) is 23.7 Å². The van der Waals surface area contributed by atoms with Crippen molar-refractivity contribution in [1.82, 2.24) is 10.0 Å². The van der Waals surface area contributed by atoms with E-state index in [0.29, 0.717) is 10.8 Å². The number of rotatable bonds is 6. The lowest BCUT2D eigenvalue weighted by atomic mass is 10.4. The second-order valence-electron chi connectivity index (χ2n) is 2.79.